The molecule has 0 amide bonds. The van der Waals surface area contributed by atoms with Gasteiger partial charge in [-0.3, -0.25) is 0 Å². The fraction of sp³-hybridized carbons (Fsp3) is 0.250. The summed E-state index contributed by atoms with van der Waals surface area (Å²) in [6, 6.07) is 21.0. The quantitative estimate of drug-likeness (QED) is 0.482. The van der Waals surface area contributed by atoms with Gasteiger partial charge in [-0.1, -0.05) is 49.7 Å². The molecular formula is C16H20O3S2. The monoisotopic (exact) mass is 324 g/mol. The zero-order valence-electron chi connectivity index (χ0n) is 12.0. The lowest BCUT2D eigenvalue weighted by Crippen LogP contribution is -2.02. The van der Waals surface area contributed by atoms with E-state index in [0.717, 1.165) is 6.42 Å². The van der Waals surface area contributed by atoms with Crippen LogP contribution in [0.15, 0.2) is 70.5 Å². The van der Waals surface area contributed by atoms with E-state index in [1.54, 1.807) is 0 Å². The molecule has 0 bridgehead atoms. The Labute approximate surface area is 131 Å². The van der Waals surface area contributed by atoms with Crippen molar-refractivity contribution in [2.24, 2.45) is 0 Å². The SMILES string of the molecule is CCCCS(=O)(=O)[O-].c1ccc([SH+]c2ccccc2)cc1. The lowest BCUT2D eigenvalue weighted by molar-refractivity contribution is 0.461. The van der Waals surface area contributed by atoms with E-state index >= 15 is 0 Å². The van der Waals surface area contributed by atoms with Gasteiger partial charge in [0.1, 0.15) is 0 Å². The molecule has 0 aromatic heterocycles. The predicted octanol–water partition coefficient (Wildman–Crippen LogP) is 3.25. The summed E-state index contributed by atoms with van der Waals surface area (Å²) in [5, 5.41) is 0. The molecule has 0 aliphatic heterocycles. The average Bonchev–Trinajstić information content (AvgIpc) is 2.47. The Morgan fingerprint density at radius 1 is 0.905 bits per heavy atom. The van der Waals surface area contributed by atoms with Crippen LogP contribution in [0.5, 0.6) is 0 Å². The van der Waals surface area contributed by atoms with Crippen molar-refractivity contribution in [1.29, 1.82) is 0 Å². The molecule has 0 N–H and O–H groups in total. The predicted molar refractivity (Wildman–Crippen MR) is 87.6 cm³/mol. The van der Waals surface area contributed by atoms with Gasteiger partial charge in [0.25, 0.3) is 0 Å². The van der Waals surface area contributed by atoms with E-state index in [0.29, 0.717) is 6.42 Å². The van der Waals surface area contributed by atoms with Crippen molar-refractivity contribution >= 4 is 21.9 Å². The molecule has 5 heteroatoms. The van der Waals surface area contributed by atoms with Crippen LogP contribution in [0, 0.1) is 0 Å². The molecule has 0 saturated carbocycles. The summed E-state index contributed by atoms with van der Waals surface area (Å²) in [6.07, 6.45) is 1.23. The van der Waals surface area contributed by atoms with Gasteiger partial charge in [-0.2, -0.15) is 0 Å². The van der Waals surface area contributed by atoms with Crippen molar-refractivity contribution < 1.29 is 13.0 Å². The molecule has 0 saturated heterocycles. The molecule has 2 rings (SSSR count). The Morgan fingerprint density at radius 2 is 1.33 bits per heavy atom. The highest BCUT2D eigenvalue weighted by Gasteiger charge is 2.03. The smallest absolute Gasteiger partial charge is 0.158 e. The molecule has 21 heavy (non-hydrogen) atoms. The second kappa shape index (κ2) is 9.60. The number of benzene rings is 2. The van der Waals surface area contributed by atoms with E-state index in [2.05, 4.69) is 48.5 Å². The van der Waals surface area contributed by atoms with Gasteiger partial charge < -0.3 is 4.55 Å². The fourth-order valence-corrected chi connectivity index (χ4v) is 3.06. The normalized spacial score (nSPS) is 10.6. The van der Waals surface area contributed by atoms with Gasteiger partial charge in [0.05, 0.1) is 10.1 Å². The molecule has 0 heterocycles. The summed E-state index contributed by atoms with van der Waals surface area (Å²) in [5.41, 5.74) is 0. The first-order chi connectivity index (χ1) is 10.0. The first-order valence-electron chi connectivity index (χ1n) is 6.76. The third-order valence-corrected chi connectivity index (χ3v) is 4.42. The molecule has 0 spiro atoms. The summed E-state index contributed by atoms with van der Waals surface area (Å²) < 4.78 is 29.5. The van der Waals surface area contributed by atoms with Crippen LogP contribution in [0.3, 0.4) is 0 Å². The number of unbranched alkanes of at least 4 members (excludes halogenated alkanes) is 1. The highest BCUT2D eigenvalue weighted by atomic mass is 32.2. The van der Waals surface area contributed by atoms with E-state index in [4.69, 9.17) is 0 Å². The molecule has 2 aromatic rings. The largest absolute Gasteiger partial charge is 0.748 e. The van der Waals surface area contributed by atoms with E-state index in [1.807, 2.05) is 19.1 Å². The summed E-state index contributed by atoms with van der Waals surface area (Å²) in [4.78, 5) is 2.68. The maximum atomic E-state index is 9.83. The van der Waals surface area contributed by atoms with Gasteiger partial charge in [0.2, 0.25) is 0 Å². The molecule has 2 aromatic carbocycles. The maximum absolute atomic E-state index is 9.83. The first-order valence-corrected chi connectivity index (χ1v) is 9.24. The molecule has 0 aliphatic carbocycles. The second-order valence-corrected chi connectivity index (χ2v) is 7.18. The topological polar surface area (TPSA) is 57.2 Å². The van der Waals surface area contributed by atoms with Gasteiger partial charge in [-0.25, -0.2) is 8.42 Å². The maximum Gasteiger partial charge on any atom is 0.158 e. The van der Waals surface area contributed by atoms with Crippen LogP contribution in [0.25, 0.3) is 0 Å². The Balaban J connectivity index is 0.000000240. The molecule has 0 fully saturated rings. The van der Waals surface area contributed by atoms with Gasteiger partial charge in [0, 0.05) is 17.5 Å². The van der Waals surface area contributed by atoms with Crippen LogP contribution in [0.1, 0.15) is 19.8 Å². The number of rotatable bonds is 5. The lowest BCUT2D eigenvalue weighted by Gasteiger charge is -2.02. The third kappa shape index (κ3) is 9.28. The van der Waals surface area contributed by atoms with Crippen molar-refractivity contribution in [1.82, 2.24) is 0 Å². The Bertz CT molecular complexity index is 558. The van der Waals surface area contributed by atoms with Crippen LogP contribution >= 0.6 is 0 Å². The molecule has 0 unspecified atom stereocenters. The van der Waals surface area contributed by atoms with Crippen molar-refractivity contribution in [2.75, 3.05) is 5.75 Å². The molecule has 0 aliphatic rings. The van der Waals surface area contributed by atoms with Crippen molar-refractivity contribution in [3.8, 4) is 0 Å². The zero-order valence-corrected chi connectivity index (χ0v) is 13.7. The number of hydrogen-bond acceptors (Lipinski definition) is 3. The van der Waals surface area contributed by atoms with Crippen molar-refractivity contribution in [3.63, 3.8) is 0 Å². The van der Waals surface area contributed by atoms with Crippen molar-refractivity contribution in [3.05, 3.63) is 60.7 Å². The van der Waals surface area contributed by atoms with Crippen LogP contribution < -0.4 is 0 Å². The first kappa shape index (κ1) is 17.8. The van der Waals surface area contributed by atoms with E-state index < -0.39 is 10.1 Å². The van der Waals surface area contributed by atoms with E-state index in [9.17, 15) is 13.0 Å². The third-order valence-electron chi connectivity index (χ3n) is 2.52. The van der Waals surface area contributed by atoms with Gasteiger partial charge in [-0.15, -0.1) is 0 Å². The van der Waals surface area contributed by atoms with Crippen molar-refractivity contribution in [2.45, 2.75) is 29.6 Å². The summed E-state index contributed by atoms with van der Waals surface area (Å²) in [5.74, 6) is -0.219. The fourth-order valence-electron chi connectivity index (χ4n) is 1.48. The van der Waals surface area contributed by atoms with Crippen LogP contribution in [-0.4, -0.2) is 18.7 Å². The minimum Gasteiger partial charge on any atom is -0.748 e. The van der Waals surface area contributed by atoms with Gasteiger partial charge in [-0.05, 0) is 30.7 Å². The van der Waals surface area contributed by atoms with Gasteiger partial charge in [0.15, 0.2) is 9.79 Å². The number of thiol groups is 1. The molecular weight excluding hydrogens is 304 g/mol. The lowest BCUT2D eigenvalue weighted by atomic mass is 10.4. The highest BCUT2D eigenvalue weighted by Crippen LogP contribution is 2.10. The summed E-state index contributed by atoms with van der Waals surface area (Å²) in [7, 11) is -3.94. The van der Waals surface area contributed by atoms with Crippen LogP contribution in [-0.2, 0) is 21.9 Å². The molecule has 3 nitrogen and oxygen atoms in total. The van der Waals surface area contributed by atoms with E-state index in [-0.39, 0.29) is 5.75 Å². The Morgan fingerprint density at radius 3 is 1.62 bits per heavy atom. The molecule has 114 valence electrons. The zero-order chi connectivity index (χ0) is 15.6. The van der Waals surface area contributed by atoms with Crippen LogP contribution in [0.4, 0.5) is 0 Å². The van der Waals surface area contributed by atoms with E-state index in [1.165, 1.54) is 21.6 Å². The minimum atomic E-state index is -3.94. The van der Waals surface area contributed by atoms with Gasteiger partial charge >= 0.3 is 0 Å². The second-order valence-electron chi connectivity index (χ2n) is 4.40. The Kier molecular flexibility index (Phi) is 8.12. The summed E-state index contributed by atoms with van der Waals surface area (Å²) >= 11 is 1.28. The standard InChI is InChI=1S/C12H10S.C4H10O3S/c1-3-7-11(8-4-1)13-12-9-5-2-6-10-12;1-2-3-4-8(5,6)7/h1-10H;2-4H2,1H3,(H,5,6,7). The number of hydrogen-bond donors (Lipinski definition) is 0. The average molecular weight is 324 g/mol. The summed E-state index contributed by atoms with van der Waals surface area (Å²) in [6.45, 7) is 1.84. The minimum absolute atomic E-state index is 0.219. The molecule has 0 atom stereocenters. The highest BCUT2D eigenvalue weighted by molar-refractivity contribution is 7.85. The molecule has 0 radical (unpaired) electrons. The van der Waals surface area contributed by atoms with Crippen LogP contribution in [0.2, 0.25) is 0 Å². The Hall–Kier alpha value is -1.30.